The second kappa shape index (κ2) is 9.27. The van der Waals surface area contributed by atoms with Crippen LogP contribution in [-0.2, 0) is 20.4 Å². The second-order valence-electron chi connectivity index (χ2n) is 7.61. The Labute approximate surface area is 198 Å². The number of esters is 1. The fraction of sp³-hybridized carbons (Fsp3) is 0.348. The Hall–Kier alpha value is -3.11. The van der Waals surface area contributed by atoms with Crippen LogP contribution < -0.4 is 4.74 Å². The van der Waals surface area contributed by atoms with E-state index in [1.54, 1.807) is 25.1 Å². The first-order chi connectivity index (χ1) is 16.2. The Kier molecular flexibility index (Phi) is 6.55. The van der Waals surface area contributed by atoms with E-state index in [2.05, 4.69) is 10.2 Å². The lowest BCUT2D eigenvalue weighted by Gasteiger charge is -2.24. The molecule has 0 bridgehead atoms. The molecule has 1 aliphatic rings. The van der Waals surface area contributed by atoms with Crippen molar-refractivity contribution in [3.8, 4) is 11.4 Å². The molecule has 2 heterocycles. The van der Waals surface area contributed by atoms with Gasteiger partial charge in [0.1, 0.15) is 18.0 Å². The quantitative estimate of drug-likeness (QED) is 0.443. The number of fused-ring (bicyclic) bond motifs is 3. The van der Waals surface area contributed by atoms with Crippen molar-refractivity contribution in [2.45, 2.75) is 38.7 Å². The van der Waals surface area contributed by atoms with Crippen molar-refractivity contribution < 1.29 is 32.2 Å². The van der Waals surface area contributed by atoms with Crippen LogP contribution in [0.4, 0.5) is 13.2 Å². The SMILES string of the molecule is CCOC(=O)C[C@@H]1O[C@@H](c2cccc(OC)c2C)c2cc(Cl)ccc2-n2c1nnc2C(F)(F)F. The van der Waals surface area contributed by atoms with Crippen molar-refractivity contribution in [3.05, 3.63) is 69.8 Å². The first kappa shape index (κ1) is 24.0. The summed E-state index contributed by atoms with van der Waals surface area (Å²) in [5.41, 5.74) is 1.88. The van der Waals surface area contributed by atoms with Gasteiger partial charge in [0.25, 0.3) is 0 Å². The third-order valence-electron chi connectivity index (χ3n) is 5.53. The maximum absolute atomic E-state index is 13.9. The van der Waals surface area contributed by atoms with E-state index >= 15 is 0 Å². The van der Waals surface area contributed by atoms with Gasteiger partial charge in [-0.3, -0.25) is 9.36 Å². The number of ether oxygens (including phenoxy) is 3. The molecule has 0 saturated heterocycles. The number of carbonyl (C=O) groups is 1. The molecule has 2 aromatic carbocycles. The molecule has 3 aromatic rings. The zero-order chi connectivity index (χ0) is 24.6. The number of alkyl halides is 3. The highest BCUT2D eigenvalue weighted by Gasteiger charge is 2.43. The molecule has 4 rings (SSSR count). The van der Waals surface area contributed by atoms with E-state index in [0.29, 0.717) is 21.9 Å². The Morgan fingerprint density at radius 3 is 2.65 bits per heavy atom. The molecule has 0 saturated carbocycles. The molecule has 7 nitrogen and oxygen atoms in total. The van der Waals surface area contributed by atoms with Gasteiger partial charge in [-0.15, -0.1) is 10.2 Å². The molecule has 0 unspecified atom stereocenters. The van der Waals surface area contributed by atoms with Gasteiger partial charge in [-0.05, 0) is 49.2 Å². The van der Waals surface area contributed by atoms with Crippen LogP contribution in [0.15, 0.2) is 36.4 Å². The first-order valence-corrected chi connectivity index (χ1v) is 10.8. The first-order valence-electron chi connectivity index (χ1n) is 10.4. The van der Waals surface area contributed by atoms with Crippen molar-refractivity contribution in [1.82, 2.24) is 14.8 Å². The van der Waals surface area contributed by atoms with E-state index < -0.39 is 30.2 Å². The molecular formula is C23H21ClF3N3O4. The largest absolute Gasteiger partial charge is 0.496 e. The number of nitrogens with zero attached hydrogens (tertiary/aromatic N) is 3. The molecule has 0 fully saturated rings. The summed E-state index contributed by atoms with van der Waals surface area (Å²) < 4.78 is 59.4. The standard InChI is InChI=1S/C23H21ClF3N3O4/c1-4-33-19(31)11-18-21-28-29-22(23(25,26)27)30(21)16-9-8-13(24)10-15(16)20(34-18)14-6-5-7-17(32-3)12(14)2/h5-10,18,20H,4,11H2,1-3H3/t18-,20-/m0/s1. The average Bonchev–Trinajstić information content (AvgIpc) is 3.18. The van der Waals surface area contributed by atoms with E-state index in [-0.39, 0.29) is 24.5 Å². The van der Waals surface area contributed by atoms with Crippen molar-refractivity contribution in [1.29, 1.82) is 0 Å². The lowest BCUT2D eigenvalue weighted by atomic mass is 9.95. The summed E-state index contributed by atoms with van der Waals surface area (Å²) in [4.78, 5) is 12.4. The molecule has 0 N–H and O–H groups in total. The Morgan fingerprint density at radius 1 is 1.21 bits per heavy atom. The molecule has 0 aliphatic carbocycles. The topological polar surface area (TPSA) is 75.5 Å². The summed E-state index contributed by atoms with van der Waals surface area (Å²) in [6.45, 7) is 3.56. The number of halogens is 4. The number of benzene rings is 2. The van der Waals surface area contributed by atoms with Gasteiger partial charge in [-0.1, -0.05) is 23.7 Å². The summed E-state index contributed by atoms with van der Waals surface area (Å²) in [5.74, 6) is -1.45. The molecule has 11 heteroatoms. The van der Waals surface area contributed by atoms with E-state index in [1.807, 2.05) is 6.92 Å². The third-order valence-corrected chi connectivity index (χ3v) is 5.76. The van der Waals surface area contributed by atoms with E-state index in [0.717, 1.165) is 10.1 Å². The summed E-state index contributed by atoms with van der Waals surface area (Å²) >= 11 is 6.26. The van der Waals surface area contributed by atoms with Gasteiger partial charge in [0, 0.05) is 10.6 Å². The van der Waals surface area contributed by atoms with Crippen LogP contribution in [0.25, 0.3) is 5.69 Å². The number of methoxy groups -OCH3 is 1. The second-order valence-corrected chi connectivity index (χ2v) is 8.04. The zero-order valence-corrected chi connectivity index (χ0v) is 19.3. The van der Waals surface area contributed by atoms with Crippen LogP contribution in [0.5, 0.6) is 5.75 Å². The van der Waals surface area contributed by atoms with Crippen LogP contribution >= 0.6 is 11.6 Å². The van der Waals surface area contributed by atoms with E-state index in [4.69, 9.17) is 25.8 Å². The molecule has 180 valence electrons. The van der Waals surface area contributed by atoms with Crippen LogP contribution in [0.1, 0.15) is 53.9 Å². The minimum absolute atomic E-state index is 0.111. The number of carbonyl (C=O) groups excluding carboxylic acids is 1. The predicted molar refractivity (Wildman–Crippen MR) is 116 cm³/mol. The molecule has 2 atom stereocenters. The third kappa shape index (κ3) is 4.35. The fourth-order valence-corrected chi connectivity index (χ4v) is 4.23. The normalized spacial score (nSPS) is 17.5. The number of rotatable bonds is 5. The highest BCUT2D eigenvalue weighted by atomic mass is 35.5. The van der Waals surface area contributed by atoms with E-state index in [9.17, 15) is 18.0 Å². The van der Waals surface area contributed by atoms with Crippen LogP contribution in [0.3, 0.4) is 0 Å². The summed E-state index contributed by atoms with van der Waals surface area (Å²) in [6, 6.07) is 9.77. The maximum atomic E-state index is 13.9. The summed E-state index contributed by atoms with van der Waals surface area (Å²) in [5, 5.41) is 7.47. The van der Waals surface area contributed by atoms with Crippen molar-refractivity contribution in [2.24, 2.45) is 0 Å². The van der Waals surface area contributed by atoms with Crippen molar-refractivity contribution in [2.75, 3.05) is 13.7 Å². The van der Waals surface area contributed by atoms with Crippen molar-refractivity contribution in [3.63, 3.8) is 0 Å². The van der Waals surface area contributed by atoms with Gasteiger partial charge >= 0.3 is 12.1 Å². The van der Waals surface area contributed by atoms with Gasteiger partial charge in [-0.2, -0.15) is 13.2 Å². The fourth-order valence-electron chi connectivity index (χ4n) is 4.05. The Morgan fingerprint density at radius 2 is 1.97 bits per heavy atom. The lowest BCUT2D eigenvalue weighted by molar-refractivity contribution is -0.147. The number of hydrogen-bond acceptors (Lipinski definition) is 6. The monoisotopic (exact) mass is 495 g/mol. The summed E-state index contributed by atoms with van der Waals surface area (Å²) in [6.07, 6.45) is -7.22. The Balaban J connectivity index is 1.98. The highest BCUT2D eigenvalue weighted by molar-refractivity contribution is 6.30. The highest BCUT2D eigenvalue weighted by Crippen LogP contribution is 2.45. The van der Waals surface area contributed by atoms with Crippen molar-refractivity contribution >= 4 is 17.6 Å². The lowest BCUT2D eigenvalue weighted by Crippen LogP contribution is -2.18. The molecular weight excluding hydrogens is 475 g/mol. The minimum atomic E-state index is -4.80. The van der Waals surface area contributed by atoms with Gasteiger partial charge in [0.05, 0.1) is 25.8 Å². The molecule has 0 radical (unpaired) electrons. The van der Waals surface area contributed by atoms with Crippen LogP contribution in [-0.4, -0.2) is 34.5 Å². The smallest absolute Gasteiger partial charge is 0.452 e. The minimum Gasteiger partial charge on any atom is -0.496 e. The molecule has 0 amide bonds. The maximum Gasteiger partial charge on any atom is 0.452 e. The average molecular weight is 496 g/mol. The van der Waals surface area contributed by atoms with Gasteiger partial charge in [-0.25, -0.2) is 0 Å². The Bertz CT molecular complexity index is 1230. The van der Waals surface area contributed by atoms with Gasteiger partial charge in [0.15, 0.2) is 5.82 Å². The predicted octanol–water partition coefficient (Wildman–Crippen LogP) is 5.37. The number of hydrogen-bond donors (Lipinski definition) is 0. The summed E-state index contributed by atoms with van der Waals surface area (Å²) in [7, 11) is 1.52. The van der Waals surface area contributed by atoms with Crippen LogP contribution in [0.2, 0.25) is 5.02 Å². The van der Waals surface area contributed by atoms with Gasteiger partial charge < -0.3 is 14.2 Å². The van der Waals surface area contributed by atoms with Crippen LogP contribution in [0, 0.1) is 6.92 Å². The number of aromatic nitrogens is 3. The van der Waals surface area contributed by atoms with E-state index in [1.165, 1.54) is 25.3 Å². The molecule has 34 heavy (non-hydrogen) atoms. The zero-order valence-electron chi connectivity index (χ0n) is 18.5. The van der Waals surface area contributed by atoms with Gasteiger partial charge in [0.2, 0.25) is 5.82 Å². The molecule has 0 spiro atoms. The molecule has 1 aromatic heterocycles. The molecule has 1 aliphatic heterocycles.